The second-order valence-electron chi connectivity index (χ2n) is 9.57. The van der Waals surface area contributed by atoms with Crippen LogP contribution in [-0.4, -0.2) is 33.2 Å². The lowest BCUT2D eigenvalue weighted by molar-refractivity contribution is -0.143. The molecular weight excluding hydrogens is 510 g/mol. The molecule has 0 spiro atoms. The maximum absolute atomic E-state index is 13.5. The number of aromatic hydroxyl groups is 1. The first-order chi connectivity index (χ1) is 17.9. The van der Waals surface area contributed by atoms with Gasteiger partial charge in [-0.15, -0.1) is 0 Å². The van der Waals surface area contributed by atoms with E-state index in [9.17, 15) is 31.4 Å². The molecule has 5 nitrogen and oxygen atoms in total. The number of hydrogen-bond acceptors (Lipinski definition) is 5. The molecule has 0 aliphatic carbocycles. The number of rotatable bonds is 7. The summed E-state index contributed by atoms with van der Waals surface area (Å²) in [5.74, 6) is -0.0835. The van der Waals surface area contributed by atoms with E-state index >= 15 is 0 Å². The van der Waals surface area contributed by atoms with E-state index < -0.39 is 23.5 Å². The van der Waals surface area contributed by atoms with Crippen molar-refractivity contribution < 1.29 is 31.4 Å². The van der Waals surface area contributed by atoms with Crippen LogP contribution in [0.3, 0.4) is 0 Å². The summed E-state index contributed by atoms with van der Waals surface area (Å²) in [4.78, 5) is 9.95. The standard InChI is InChI=1S/C27H28F6N4O/c1-2-21-12-23(13-22(36-21)10-17-6-4-3-5-7-17)37(25-34-14-24(38)15-35-25)16-18-8-19(26(28,29)30)11-20(9-18)27(31,32)33/h3-9,11,14-15,21-23,36,38H,2,10,12-13,16H2,1H3. The first-order valence-electron chi connectivity index (χ1n) is 12.3. The van der Waals surface area contributed by atoms with Crippen LogP contribution in [0.15, 0.2) is 60.9 Å². The van der Waals surface area contributed by atoms with E-state index in [0.29, 0.717) is 19.3 Å². The summed E-state index contributed by atoms with van der Waals surface area (Å²) in [5.41, 5.74) is -1.78. The van der Waals surface area contributed by atoms with E-state index in [0.717, 1.165) is 36.5 Å². The van der Waals surface area contributed by atoms with Gasteiger partial charge in [0.1, 0.15) is 0 Å². The quantitative estimate of drug-likeness (QED) is 0.343. The topological polar surface area (TPSA) is 61.3 Å². The third kappa shape index (κ3) is 6.94. The van der Waals surface area contributed by atoms with Gasteiger partial charge in [-0.25, -0.2) is 9.97 Å². The number of piperidine rings is 1. The number of nitrogens with zero attached hydrogens (tertiary/aromatic N) is 3. The third-order valence-corrected chi connectivity index (χ3v) is 6.72. The van der Waals surface area contributed by atoms with Gasteiger partial charge in [-0.1, -0.05) is 37.3 Å². The number of alkyl halides is 6. The highest BCUT2D eigenvalue weighted by molar-refractivity contribution is 5.39. The molecule has 1 saturated heterocycles. The van der Waals surface area contributed by atoms with Crippen LogP contribution in [-0.2, 0) is 25.3 Å². The maximum atomic E-state index is 13.5. The highest BCUT2D eigenvalue weighted by Gasteiger charge is 2.38. The van der Waals surface area contributed by atoms with E-state index in [-0.39, 0.29) is 48.0 Å². The van der Waals surface area contributed by atoms with Crippen molar-refractivity contribution in [2.75, 3.05) is 4.90 Å². The minimum absolute atomic E-state index is 0.0213. The predicted molar refractivity (Wildman–Crippen MR) is 130 cm³/mol. The van der Waals surface area contributed by atoms with Crippen molar-refractivity contribution in [2.45, 2.75) is 69.6 Å². The molecule has 0 bridgehead atoms. The molecular formula is C27H28F6N4O. The summed E-state index contributed by atoms with van der Waals surface area (Å²) in [5, 5.41) is 13.3. The molecule has 0 saturated carbocycles. The van der Waals surface area contributed by atoms with E-state index in [1.165, 1.54) is 0 Å². The Hall–Kier alpha value is -3.34. The van der Waals surface area contributed by atoms with E-state index in [4.69, 9.17) is 0 Å². The highest BCUT2D eigenvalue weighted by atomic mass is 19.4. The Morgan fingerprint density at radius 1 is 0.868 bits per heavy atom. The van der Waals surface area contributed by atoms with Gasteiger partial charge in [0.05, 0.1) is 23.5 Å². The van der Waals surface area contributed by atoms with Crippen molar-refractivity contribution >= 4 is 5.95 Å². The molecule has 38 heavy (non-hydrogen) atoms. The van der Waals surface area contributed by atoms with Crippen LogP contribution in [0.1, 0.15) is 48.4 Å². The first kappa shape index (κ1) is 27.7. The van der Waals surface area contributed by atoms with Crippen molar-refractivity contribution in [3.05, 3.63) is 83.2 Å². The van der Waals surface area contributed by atoms with Crippen LogP contribution in [0.2, 0.25) is 0 Å². The molecule has 204 valence electrons. The summed E-state index contributed by atoms with van der Waals surface area (Å²) in [7, 11) is 0. The zero-order valence-corrected chi connectivity index (χ0v) is 20.6. The van der Waals surface area contributed by atoms with Crippen molar-refractivity contribution in [1.82, 2.24) is 15.3 Å². The molecule has 1 aliphatic rings. The Morgan fingerprint density at radius 2 is 1.45 bits per heavy atom. The lowest BCUT2D eigenvalue weighted by atomic mass is 9.88. The molecule has 1 aliphatic heterocycles. The van der Waals surface area contributed by atoms with Gasteiger partial charge in [-0.2, -0.15) is 26.3 Å². The minimum atomic E-state index is -4.95. The van der Waals surface area contributed by atoms with Crippen molar-refractivity contribution in [2.24, 2.45) is 0 Å². The lowest BCUT2D eigenvalue weighted by Crippen LogP contribution is -2.53. The fourth-order valence-electron chi connectivity index (χ4n) is 4.94. The normalized spacial score (nSPS) is 20.3. The third-order valence-electron chi connectivity index (χ3n) is 6.72. The van der Waals surface area contributed by atoms with Crippen molar-refractivity contribution in [1.29, 1.82) is 0 Å². The monoisotopic (exact) mass is 538 g/mol. The number of aromatic nitrogens is 2. The van der Waals surface area contributed by atoms with Gasteiger partial charge in [-0.05, 0) is 55.0 Å². The molecule has 2 N–H and O–H groups in total. The fourth-order valence-corrected chi connectivity index (χ4v) is 4.94. The van der Waals surface area contributed by atoms with Crippen LogP contribution in [0, 0.1) is 0 Å². The number of hydrogen-bond donors (Lipinski definition) is 2. The molecule has 4 rings (SSSR count). The predicted octanol–water partition coefficient (Wildman–Crippen LogP) is 6.37. The number of halogens is 6. The Kier molecular flexibility index (Phi) is 8.15. The smallest absolute Gasteiger partial charge is 0.416 e. The Balaban J connectivity index is 1.71. The van der Waals surface area contributed by atoms with Crippen LogP contribution in [0.5, 0.6) is 5.75 Å². The first-order valence-corrected chi connectivity index (χ1v) is 12.3. The molecule has 0 amide bonds. The Bertz CT molecular complexity index is 1170. The van der Waals surface area contributed by atoms with Gasteiger partial charge in [0, 0.05) is 24.7 Å². The second kappa shape index (κ2) is 11.2. The lowest BCUT2D eigenvalue weighted by Gasteiger charge is -2.42. The van der Waals surface area contributed by atoms with Crippen molar-refractivity contribution in [3.63, 3.8) is 0 Å². The van der Waals surface area contributed by atoms with Gasteiger partial charge in [0.15, 0.2) is 5.75 Å². The van der Waals surface area contributed by atoms with Gasteiger partial charge in [0.2, 0.25) is 5.95 Å². The molecule has 11 heteroatoms. The molecule has 1 fully saturated rings. The molecule has 3 atom stereocenters. The zero-order chi connectivity index (χ0) is 27.5. The van der Waals surface area contributed by atoms with E-state index in [2.05, 4.69) is 15.3 Å². The molecule has 2 aromatic carbocycles. The SMILES string of the molecule is CCC1CC(N(Cc2cc(C(F)(F)F)cc(C(F)(F)F)c2)c2ncc(O)cn2)CC(Cc2ccccc2)N1. The molecule has 1 aromatic heterocycles. The average Bonchev–Trinajstić information content (AvgIpc) is 2.87. The summed E-state index contributed by atoms with van der Waals surface area (Å²) < 4.78 is 81.1. The maximum Gasteiger partial charge on any atom is 0.416 e. The van der Waals surface area contributed by atoms with Crippen LogP contribution < -0.4 is 10.2 Å². The summed E-state index contributed by atoms with van der Waals surface area (Å²) in [6.07, 6.45) is -4.92. The Morgan fingerprint density at radius 3 is 2.00 bits per heavy atom. The van der Waals surface area contributed by atoms with Crippen LogP contribution in [0.4, 0.5) is 32.3 Å². The molecule has 3 unspecified atom stereocenters. The molecule has 3 aromatic rings. The number of anilines is 1. The van der Waals surface area contributed by atoms with Gasteiger partial charge < -0.3 is 15.3 Å². The van der Waals surface area contributed by atoms with Crippen LogP contribution in [0.25, 0.3) is 0 Å². The van der Waals surface area contributed by atoms with Gasteiger partial charge in [0.25, 0.3) is 0 Å². The largest absolute Gasteiger partial charge is 0.505 e. The average molecular weight is 539 g/mol. The second-order valence-corrected chi connectivity index (χ2v) is 9.57. The van der Waals surface area contributed by atoms with E-state index in [1.807, 2.05) is 37.3 Å². The molecule has 2 heterocycles. The van der Waals surface area contributed by atoms with Crippen molar-refractivity contribution in [3.8, 4) is 5.75 Å². The number of nitrogens with one attached hydrogen (secondary N) is 1. The summed E-state index contributed by atoms with van der Waals surface area (Å²) >= 11 is 0. The fraction of sp³-hybridized carbons (Fsp3) is 0.407. The summed E-state index contributed by atoms with van der Waals surface area (Å²) in [6, 6.07) is 11.2. The van der Waals surface area contributed by atoms with Gasteiger partial charge >= 0.3 is 12.4 Å². The molecule has 0 radical (unpaired) electrons. The minimum Gasteiger partial charge on any atom is -0.505 e. The Labute approximate surface area is 216 Å². The van der Waals surface area contributed by atoms with Crippen LogP contribution >= 0.6 is 0 Å². The van der Waals surface area contributed by atoms with Gasteiger partial charge in [-0.3, -0.25) is 0 Å². The number of benzene rings is 2. The zero-order valence-electron chi connectivity index (χ0n) is 20.6. The highest BCUT2D eigenvalue weighted by Crippen LogP contribution is 2.37. The van der Waals surface area contributed by atoms with E-state index in [1.54, 1.807) is 4.90 Å². The summed E-state index contributed by atoms with van der Waals surface area (Å²) in [6.45, 7) is 1.75.